The second-order valence-electron chi connectivity index (χ2n) is 7.20. The summed E-state index contributed by atoms with van der Waals surface area (Å²) >= 11 is 0. The summed E-state index contributed by atoms with van der Waals surface area (Å²) in [6, 6.07) is 15.9. The fourth-order valence-electron chi connectivity index (χ4n) is 3.67. The number of methoxy groups -OCH3 is 2. The highest BCUT2D eigenvalue weighted by Crippen LogP contribution is 2.38. The zero-order valence-electron chi connectivity index (χ0n) is 17.0. The molecule has 30 heavy (non-hydrogen) atoms. The Morgan fingerprint density at radius 1 is 0.900 bits per heavy atom. The Morgan fingerprint density at radius 3 is 2.40 bits per heavy atom. The predicted octanol–water partition coefficient (Wildman–Crippen LogP) is 5.04. The summed E-state index contributed by atoms with van der Waals surface area (Å²) in [7, 11) is 3.26. The normalized spacial score (nSPS) is 13.9. The Bertz CT molecular complexity index is 1040. The molecule has 0 saturated heterocycles. The fourth-order valence-corrected chi connectivity index (χ4v) is 3.67. The van der Waals surface area contributed by atoms with Crippen LogP contribution >= 0.6 is 0 Å². The van der Waals surface area contributed by atoms with E-state index in [0.29, 0.717) is 32.0 Å². The van der Waals surface area contributed by atoms with E-state index in [2.05, 4.69) is 11.0 Å². The average Bonchev–Trinajstić information content (AvgIpc) is 2.97. The van der Waals surface area contributed by atoms with E-state index in [-0.39, 0.29) is 0 Å². The van der Waals surface area contributed by atoms with Crippen LogP contribution in [0.3, 0.4) is 0 Å². The van der Waals surface area contributed by atoms with Crippen molar-refractivity contribution in [1.82, 2.24) is 4.90 Å². The lowest BCUT2D eigenvalue weighted by Crippen LogP contribution is -2.25. The van der Waals surface area contributed by atoms with Crippen molar-refractivity contribution in [3.8, 4) is 28.4 Å². The molecule has 4 nitrogen and oxygen atoms in total. The maximum absolute atomic E-state index is 13.6. The molecule has 1 aliphatic heterocycles. The van der Waals surface area contributed by atoms with E-state index in [1.807, 2.05) is 30.3 Å². The molecular weight excluding hydrogens is 388 g/mol. The standard InChI is InChI=1S/C24H23F2NO3/c1-28-20-6-4-17(5-7-20)18-12-19-15-27(9-10-30-24(19)23(13-18)29-2)14-16-3-8-21(25)22(26)11-16/h3-8,11-13H,9-10,14-15H2,1-2H3. The molecule has 0 N–H and O–H groups in total. The molecule has 6 heteroatoms. The van der Waals surface area contributed by atoms with Crippen molar-refractivity contribution in [2.45, 2.75) is 13.1 Å². The molecule has 1 aliphatic rings. The van der Waals surface area contributed by atoms with Gasteiger partial charge in [-0.1, -0.05) is 18.2 Å². The third-order valence-electron chi connectivity index (χ3n) is 5.21. The van der Waals surface area contributed by atoms with Crippen molar-refractivity contribution < 1.29 is 23.0 Å². The van der Waals surface area contributed by atoms with Gasteiger partial charge in [0.05, 0.1) is 14.2 Å². The molecule has 4 rings (SSSR count). The van der Waals surface area contributed by atoms with Crippen molar-refractivity contribution in [3.05, 3.63) is 77.4 Å². The molecule has 0 unspecified atom stereocenters. The second kappa shape index (κ2) is 8.71. The SMILES string of the molecule is COc1ccc(-c2cc3c(c(OC)c2)OCCN(Cc2ccc(F)c(F)c2)C3)cc1. The zero-order chi connectivity index (χ0) is 21.1. The van der Waals surface area contributed by atoms with E-state index >= 15 is 0 Å². The first-order valence-electron chi connectivity index (χ1n) is 9.72. The highest BCUT2D eigenvalue weighted by Gasteiger charge is 2.21. The van der Waals surface area contributed by atoms with Crippen LogP contribution in [0, 0.1) is 11.6 Å². The van der Waals surface area contributed by atoms with Crippen LogP contribution in [0.5, 0.6) is 17.2 Å². The zero-order valence-corrected chi connectivity index (χ0v) is 17.0. The molecule has 0 aliphatic carbocycles. The Kier molecular flexibility index (Phi) is 5.86. The van der Waals surface area contributed by atoms with E-state index in [9.17, 15) is 8.78 Å². The summed E-state index contributed by atoms with van der Waals surface area (Å²) in [4.78, 5) is 2.15. The van der Waals surface area contributed by atoms with Crippen LogP contribution in [0.15, 0.2) is 54.6 Å². The van der Waals surface area contributed by atoms with Gasteiger partial charge in [-0.05, 0) is 53.1 Å². The van der Waals surface area contributed by atoms with Crippen LogP contribution in [-0.4, -0.2) is 32.3 Å². The smallest absolute Gasteiger partial charge is 0.165 e. The molecule has 0 radical (unpaired) electrons. The third-order valence-corrected chi connectivity index (χ3v) is 5.21. The number of hydrogen-bond acceptors (Lipinski definition) is 4. The van der Waals surface area contributed by atoms with Crippen LogP contribution in [0.2, 0.25) is 0 Å². The number of halogens is 2. The number of hydrogen-bond donors (Lipinski definition) is 0. The minimum atomic E-state index is -0.836. The quantitative estimate of drug-likeness (QED) is 0.588. The van der Waals surface area contributed by atoms with Crippen molar-refractivity contribution >= 4 is 0 Å². The molecular formula is C24H23F2NO3. The number of ether oxygens (including phenoxy) is 3. The summed E-state index contributed by atoms with van der Waals surface area (Å²) in [5, 5.41) is 0. The summed E-state index contributed by atoms with van der Waals surface area (Å²) in [5.41, 5.74) is 3.75. The number of rotatable bonds is 5. The highest BCUT2D eigenvalue weighted by molar-refractivity contribution is 5.70. The van der Waals surface area contributed by atoms with Gasteiger partial charge in [-0.25, -0.2) is 8.78 Å². The molecule has 0 saturated carbocycles. The van der Waals surface area contributed by atoms with Gasteiger partial charge in [0.2, 0.25) is 0 Å². The Labute approximate surface area is 174 Å². The van der Waals surface area contributed by atoms with Crippen molar-refractivity contribution in [2.24, 2.45) is 0 Å². The number of nitrogens with zero attached hydrogens (tertiary/aromatic N) is 1. The van der Waals surface area contributed by atoms with Crippen molar-refractivity contribution in [1.29, 1.82) is 0 Å². The largest absolute Gasteiger partial charge is 0.497 e. The van der Waals surface area contributed by atoms with Crippen molar-refractivity contribution in [2.75, 3.05) is 27.4 Å². The van der Waals surface area contributed by atoms with Gasteiger partial charge in [0, 0.05) is 25.2 Å². The third kappa shape index (κ3) is 4.24. The Morgan fingerprint density at radius 2 is 1.70 bits per heavy atom. The van der Waals surface area contributed by atoms with Crippen LogP contribution in [0.1, 0.15) is 11.1 Å². The molecule has 0 spiro atoms. The van der Waals surface area contributed by atoms with E-state index in [1.165, 1.54) is 6.07 Å². The molecule has 0 atom stereocenters. The predicted molar refractivity (Wildman–Crippen MR) is 111 cm³/mol. The summed E-state index contributed by atoms with van der Waals surface area (Å²) < 4.78 is 43.7. The Balaban J connectivity index is 1.64. The second-order valence-corrected chi connectivity index (χ2v) is 7.20. The lowest BCUT2D eigenvalue weighted by Gasteiger charge is -2.20. The molecule has 0 amide bonds. The first-order chi connectivity index (χ1) is 14.6. The van der Waals surface area contributed by atoms with Crippen LogP contribution in [0.4, 0.5) is 8.78 Å². The number of benzene rings is 3. The van der Waals surface area contributed by atoms with Gasteiger partial charge in [-0.2, -0.15) is 0 Å². The fraction of sp³-hybridized carbons (Fsp3) is 0.250. The maximum Gasteiger partial charge on any atom is 0.165 e. The average molecular weight is 411 g/mol. The first-order valence-corrected chi connectivity index (χ1v) is 9.72. The molecule has 3 aromatic carbocycles. The van der Waals surface area contributed by atoms with Gasteiger partial charge in [0.25, 0.3) is 0 Å². The lowest BCUT2D eigenvalue weighted by molar-refractivity contribution is 0.216. The molecule has 0 fully saturated rings. The lowest BCUT2D eigenvalue weighted by atomic mass is 10.0. The minimum Gasteiger partial charge on any atom is -0.497 e. The van der Waals surface area contributed by atoms with Gasteiger partial charge >= 0.3 is 0 Å². The van der Waals surface area contributed by atoms with E-state index in [4.69, 9.17) is 14.2 Å². The first kappa shape index (κ1) is 20.2. The van der Waals surface area contributed by atoms with E-state index < -0.39 is 11.6 Å². The van der Waals surface area contributed by atoms with Gasteiger partial charge in [-0.3, -0.25) is 4.90 Å². The number of fused-ring (bicyclic) bond motifs is 1. The van der Waals surface area contributed by atoms with Gasteiger partial charge in [0.15, 0.2) is 23.1 Å². The topological polar surface area (TPSA) is 30.9 Å². The van der Waals surface area contributed by atoms with E-state index in [0.717, 1.165) is 39.8 Å². The maximum atomic E-state index is 13.6. The molecule has 156 valence electrons. The molecule has 3 aromatic rings. The van der Waals surface area contributed by atoms with Crippen molar-refractivity contribution in [3.63, 3.8) is 0 Å². The highest BCUT2D eigenvalue weighted by atomic mass is 19.2. The summed E-state index contributed by atoms with van der Waals surface area (Å²) in [6.07, 6.45) is 0. The van der Waals surface area contributed by atoms with Crippen LogP contribution < -0.4 is 14.2 Å². The Hall–Kier alpha value is -3.12. The minimum absolute atomic E-state index is 0.481. The summed E-state index contributed by atoms with van der Waals surface area (Å²) in [5.74, 6) is 0.525. The van der Waals surface area contributed by atoms with Gasteiger partial charge < -0.3 is 14.2 Å². The van der Waals surface area contributed by atoms with Crippen LogP contribution in [0.25, 0.3) is 11.1 Å². The molecule has 1 heterocycles. The summed E-state index contributed by atoms with van der Waals surface area (Å²) in [6.45, 7) is 2.24. The van der Waals surface area contributed by atoms with Crippen LogP contribution in [-0.2, 0) is 13.1 Å². The molecule has 0 bridgehead atoms. The monoisotopic (exact) mass is 411 g/mol. The van der Waals surface area contributed by atoms with Gasteiger partial charge in [0.1, 0.15) is 12.4 Å². The molecule has 0 aromatic heterocycles. The van der Waals surface area contributed by atoms with E-state index in [1.54, 1.807) is 20.3 Å². The van der Waals surface area contributed by atoms with Gasteiger partial charge in [-0.15, -0.1) is 0 Å².